The molecule has 0 aliphatic heterocycles. The van der Waals surface area contributed by atoms with Crippen molar-refractivity contribution in [3.8, 4) is 17.0 Å². The van der Waals surface area contributed by atoms with Crippen molar-refractivity contribution in [2.24, 2.45) is 5.73 Å². The first-order valence-corrected chi connectivity index (χ1v) is 7.86. The maximum atomic E-state index is 10.5. The van der Waals surface area contributed by atoms with Gasteiger partial charge in [0.1, 0.15) is 30.4 Å². The standard InChI is InChI=1S/C19H18N2O4/c20-19(22)23-11-10-17-12-18(21-25-17)15-6-8-16(9-7-15)24-13-14-4-2-1-3-5-14/h1-9,12H,10-11,13H2,(H2,20,22). The van der Waals surface area contributed by atoms with Crippen molar-refractivity contribution in [1.82, 2.24) is 5.16 Å². The smallest absolute Gasteiger partial charge is 0.404 e. The largest absolute Gasteiger partial charge is 0.489 e. The van der Waals surface area contributed by atoms with E-state index in [0.717, 1.165) is 16.9 Å². The molecule has 2 N–H and O–H groups in total. The number of hydrogen-bond donors (Lipinski definition) is 1. The van der Waals surface area contributed by atoms with E-state index < -0.39 is 6.09 Å². The molecule has 128 valence electrons. The lowest BCUT2D eigenvalue weighted by molar-refractivity contribution is 0.155. The van der Waals surface area contributed by atoms with Gasteiger partial charge in [-0.25, -0.2) is 4.79 Å². The van der Waals surface area contributed by atoms with Crippen LogP contribution in [0.3, 0.4) is 0 Å². The lowest BCUT2D eigenvalue weighted by atomic mass is 10.1. The number of carbonyl (C=O) groups excluding carboxylic acids is 1. The quantitative estimate of drug-likeness (QED) is 0.711. The summed E-state index contributed by atoms with van der Waals surface area (Å²) in [4.78, 5) is 10.5. The first-order valence-electron chi connectivity index (χ1n) is 7.86. The molecule has 1 heterocycles. The highest BCUT2D eigenvalue weighted by molar-refractivity contribution is 5.64. The van der Waals surface area contributed by atoms with Crippen LogP contribution >= 0.6 is 0 Å². The Kier molecular flexibility index (Phi) is 5.31. The normalized spacial score (nSPS) is 10.4. The van der Waals surface area contributed by atoms with E-state index in [-0.39, 0.29) is 6.61 Å². The molecule has 1 amide bonds. The zero-order valence-corrected chi connectivity index (χ0v) is 13.6. The van der Waals surface area contributed by atoms with E-state index in [1.54, 1.807) is 0 Å². The number of benzene rings is 2. The lowest BCUT2D eigenvalue weighted by Gasteiger charge is -2.06. The molecule has 3 rings (SSSR count). The van der Waals surface area contributed by atoms with Crippen LogP contribution in [0, 0.1) is 0 Å². The Morgan fingerprint density at radius 1 is 1.08 bits per heavy atom. The first-order chi connectivity index (χ1) is 12.2. The van der Waals surface area contributed by atoms with E-state index in [0.29, 0.717) is 24.5 Å². The Bertz CT molecular complexity index is 813. The average Bonchev–Trinajstić information content (AvgIpc) is 3.10. The van der Waals surface area contributed by atoms with Gasteiger partial charge < -0.3 is 19.7 Å². The minimum atomic E-state index is -0.800. The Morgan fingerprint density at radius 2 is 1.84 bits per heavy atom. The molecule has 0 aliphatic carbocycles. The van der Waals surface area contributed by atoms with Crippen LogP contribution in [-0.2, 0) is 17.8 Å². The summed E-state index contributed by atoms with van der Waals surface area (Å²) in [6.07, 6.45) is -0.375. The predicted molar refractivity (Wildman–Crippen MR) is 92.0 cm³/mol. The van der Waals surface area contributed by atoms with Crippen LogP contribution in [0.25, 0.3) is 11.3 Å². The SMILES string of the molecule is NC(=O)OCCc1cc(-c2ccc(OCc3ccccc3)cc2)no1. The zero-order valence-electron chi connectivity index (χ0n) is 13.6. The van der Waals surface area contributed by atoms with Crippen LogP contribution in [0.15, 0.2) is 65.2 Å². The number of hydrogen-bond acceptors (Lipinski definition) is 5. The number of rotatable bonds is 7. The summed E-state index contributed by atoms with van der Waals surface area (Å²) in [7, 11) is 0. The van der Waals surface area contributed by atoms with Gasteiger partial charge in [0.15, 0.2) is 0 Å². The maximum absolute atomic E-state index is 10.5. The molecular formula is C19H18N2O4. The third kappa shape index (κ3) is 4.84. The fourth-order valence-corrected chi connectivity index (χ4v) is 2.28. The Labute approximate surface area is 145 Å². The highest BCUT2D eigenvalue weighted by Gasteiger charge is 2.08. The lowest BCUT2D eigenvalue weighted by Crippen LogP contribution is -2.14. The van der Waals surface area contributed by atoms with Gasteiger partial charge in [0.05, 0.1) is 0 Å². The zero-order chi connectivity index (χ0) is 17.5. The number of carbonyl (C=O) groups is 1. The molecule has 0 radical (unpaired) electrons. The van der Waals surface area contributed by atoms with Gasteiger partial charge in [-0.3, -0.25) is 0 Å². The van der Waals surface area contributed by atoms with Crippen molar-refractivity contribution < 1.29 is 18.8 Å². The van der Waals surface area contributed by atoms with Crippen LogP contribution in [0.2, 0.25) is 0 Å². The monoisotopic (exact) mass is 338 g/mol. The van der Waals surface area contributed by atoms with E-state index in [4.69, 9.17) is 15.0 Å². The number of nitrogens with two attached hydrogens (primary N) is 1. The average molecular weight is 338 g/mol. The molecule has 0 saturated carbocycles. The summed E-state index contributed by atoms with van der Waals surface area (Å²) < 4.78 is 15.7. The molecule has 0 aliphatic rings. The molecular weight excluding hydrogens is 320 g/mol. The van der Waals surface area contributed by atoms with Gasteiger partial charge in [0.25, 0.3) is 0 Å². The number of amides is 1. The van der Waals surface area contributed by atoms with Crippen LogP contribution in [0.1, 0.15) is 11.3 Å². The molecule has 0 fully saturated rings. The van der Waals surface area contributed by atoms with E-state index in [2.05, 4.69) is 9.89 Å². The second-order valence-electron chi connectivity index (χ2n) is 5.39. The van der Waals surface area contributed by atoms with Crippen molar-refractivity contribution >= 4 is 6.09 Å². The van der Waals surface area contributed by atoms with Crippen molar-refractivity contribution in [2.75, 3.05) is 6.61 Å². The van der Waals surface area contributed by atoms with Crippen LogP contribution in [-0.4, -0.2) is 17.9 Å². The van der Waals surface area contributed by atoms with Crippen molar-refractivity contribution in [3.63, 3.8) is 0 Å². The molecule has 0 atom stereocenters. The number of ether oxygens (including phenoxy) is 2. The molecule has 25 heavy (non-hydrogen) atoms. The van der Waals surface area contributed by atoms with E-state index in [1.165, 1.54) is 0 Å². The highest BCUT2D eigenvalue weighted by atomic mass is 16.5. The van der Waals surface area contributed by atoms with Gasteiger partial charge in [-0.05, 0) is 29.8 Å². The van der Waals surface area contributed by atoms with E-state index >= 15 is 0 Å². The molecule has 0 bridgehead atoms. The molecule has 6 nitrogen and oxygen atoms in total. The summed E-state index contributed by atoms with van der Waals surface area (Å²) in [5.41, 5.74) is 7.65. The van der Waals surface area contributed by atoms with Crippen LogP contribution in [0.5, 0.6) is 5.75 Å². The molecule has 0 spiro atoms. The Hall–Kier alpha value is -3.28. The highest BCUT2D eigenvalue weighted by Crippen LogP contribution is 2.23. The van der Waals surface area contributed by atoms with Gasteiger partial charge in [-0.15, -0.1) is 0 Å². The molecule has 0 saturated heterocycles. The Balaban J connectivity index is 1.57. The van der Waals surface area contributed by atoms with Gasteiger partial charge in [-0.2, -0.15) is 0 Å². The Morgan fingerprint density at radius 3 is 2.56 bits per heavy atom. The van der Waals surface area contributed by atoms with Crippen molar-refractivity contribution in [1.29, 1.82) is 0 Å². The molecule has 1 aromatic heterocycles. The fourth-order valence-electron chi connectivity index (χ4n) is 2.28. The second-order valence-corrected chi connectivity index (χ2v) is 5.39. The molecule has 3 aromatic rings. The third-order valence-corrected chi connectivity index (χ3v) is 3.55. The third-order valence-electron chi connectivity index (χ3n) is 3.55. The van der Waals surface area contributed by atoms with Crippen LogP contribution < -0.4 is 10.5 Å². The maximum Gasteiger partial charge on any atom is 0.404 e. The molecule has 6 heteroatoms. The number of primary amides is 1. The summed E-state index contributed by atoms with van der Waals surface area (Å²) in [6.45, 7) is 0.685. The minimum absolute atomic E-state index is 0.163. The summed E-state index contributed by atoms with van der Waals surface area (Å²) in [6, 6.07) is 19.4. The molecule has 0 unspecified atom stereocenters. The van der Waals surface area contributed by atoms with E-state index in [1.807, 2.05) is 60.7 Å². The molecule has 2 aromatic carbocycles. The van der Waals surface area contributed by atoms with Gasteiger partial charge in [0.2, 0.25) is 0 Å². The van der Waals surface area contributed by atoms with Gasteiger partial charge in [-0.1, -0.05) is 35.5 Å². The predicted octanol–water partition coefficient (Wildman–Crippen LogP) is 3.56. The first kappa shape index (κ1) is 16.6. The van der Waals surface area contributed by atoms with Crippen molar-refractivity contribution in [3.05, 3.63) is 72.0 Å². The van der Waals surface area contributed by atoms with Crippen LogP contribution in [0.4, 0.5) is 4.79 Å². The number of aromatic nitrogens is 1. The van der Waals surface area contributed by atoms with Gasteiger partial charge >= 0.3 is 6.09 Å². The fraction of sp³-hybridized carbons (Fsp3) is 0.158. The van der Waals surface area contributed by atoms with Gasteiger partial charge in [0, 0.05) is 18.1 Å². The second kappa shape index (κ2) is 8.01. The van der Waals surface area contributed by atoms with Crippen molar-refractivity contribution in [2.45, 2.75) is 13.0 Å². The topological polar surface area (TPSA) is 87.6 Å². The summed E-state index contributed by atoms with van der Waals surface area (Å²) in [5, 5.41) is 4.02. The summed E-state index contributed by atoms with van der Waals surface area (Å²) >= 11 is 0. The van der Waals surface area contributed by atoms with E-state index in [9.17, 15) is 4.79 Å². The number of nitrogens with zero attached hydrogens (tertiary/aromatic N) is 1. The minimum Gasteiger partial charge on any atom is -0.489 e. The summed E-state index contributed by atoms with van der Waals surface area (Å²) in [5.74, 6) is 1.41.